The monoisotopic (exact) mass is 417 g/mol. The van der Waals surface area contributed by atoms with E-state index in [1.807, 2.05) is 68.4 Å². The fraction of sp³-hybridized carbons (Fsp3) is 0.200. The molecular weight excluding hydrogens is 390 g/mol. The summed E-state index contributed by atoms with van der Waals surface area (Å²) in [5.74, 6) is 0.339. The Morgan fingerprint density at radius 2 is 1.61 bits per heavy atom. The van der Waals surface area contributed by atoms with Crippen LogP contribution in [-0.4, -0.2) is 24.4 Å². The number of carbonyl (C=O) groups excluding carboxylic acids is 2. The Balaban J connectivity index is 1.51. The fourth-order valence-corrected chi connectivity index (χ4v) is 2.91. The van der Waals surface area contributed by atoms with E-state index in [1.165, 1.54) is 0 Å². The van der Waals surface area contributed by atoms with Gasteiger partial charge in [0.25, 0.3) is 5.91 Å². The number of amides is 2. The van der Waals surface area contributed by atoms with Gasteiger partial charge in [-0.2, -0.15) is 0 Å². The van der Waals surface area contributed by atoms with Gasteiger partial charge in [-0.15, -0.1) is 0 Å². The first-order chi connectivity index (χ1) is 15.0. The van der Waals surface area contributed by atoms with Crippen LogP contribution in [-0.2, 0) is 11.4 Å². The van der Waals surface area contributed by atoms with Crippen LogP contribution in [0.5, 0.6) is 5.75 Å². The number of benzene rings is 3. The first-order valence-electron chi connectivity index (χ1n) is 10.2. The quantitative estimate of drug-likeness (QED) is 0.480. The summed E-state index contributed by atoms with van der Waals surface area (Å²) < 4.78 is 5.80. The molecule has 0 radical (unpaired) electrons. The van der Waals surface area contributed by atoms with Crippen molar-refractivity contribution in [3.05, 3.63) is 90.0 Å². The number of nitrogens with one attached hydrogen (secondary N) is 3. The van der Waals surface area contributed by atoms with Crippen molar-refractivity contribution in [2.45, 2.75) is 26.5 Å². The molecule has 6 heteroatoms. The standard InChI is InChI=1S/C25H27N3O3/c1-18(2)27-25(30)20-10-6-11-21(14-20)26-16-24(29)28-22-12-7-13-23(15-22)31-17-19-8-4-3-5-9-19/h3-15,18,26H,16-17H2,1-2H3,(H,27,30)(H,28,29). The Hall–Kier alpha value is -3.80. The number of ether oxygens (including phenoxy) is 1. The Morgan fingerprint density at radius 1 is 0.871 bits per heavy atom. The molecule has 0 aliphatic carbocycles. The molecular formula is C25H27N3O3. The molecule has 6 nitrogen and oxygen atoms in total. The maximum atomic E-state index is 12.3. The van der Waals surface area contributed by atoms with E-state index < -0.39 is 0 Å². The van der Waals surface area contributed by atoms with E-state index >= 15 is 0 Å². The Bertz CT molecular complexity index is 1020. The molecule has 0 fully saturated rings. The predicted octanol–water partition coefficient (Wildman–Crippen LogP) is 4.45. The minimum absolute atomic E-state index is 0.0577. The lowest BCUT2D eigenvalue weighted by atomic mass is 10.1. The van der Waals surface area contributed by atoms with Crippen LogP contribution >= 0.6 is 0 Å². The van der Waals surface area contributed by atoms with Gasteiger partial charge in [-0.25, -0.2) is 0 Å². The van der Waals surface area contributed by atoms with Crippen LogP contribution in [0.3, 0.4) is 0 Å². The third-order valence-corrected chi connectivity index (χ3v) is 4.36. The summed E-state index contributed by atoms with van der Waals surface area (Å²) in [7, 11) is 0. The van der Waals surface area contributed by atoms with Crippen molar-refractivity contribution >= 4 is 23.2 Å². The number of hydrogen-bond donors (Lipinski definition) is 3. The van der Waals surface area contributed by atoms with Crippen molar-refractivity contribution in [1.29, 1.82) is 0 Å². The second kappa shape index (κ2) is 10.8. The van der Waals surface area contributed by atoms with Crippen LogP contribution in [0.1, 0.15) is 29.8 Å². The van der Waals surface area contributed by atoms with Gasteiger partial charge in [0.15, 0.2) is 0 Å². The van der Waals surface area contributed by atoms with E-state index in [9.17, 15) is 9.59 Å². The van der Waals surface area contributed by atoms with Gasteiger partial charge >= 0.3 is 0 Å². The fourth-order valence-electron chi connectivity index (χ4n) is 2.91. The molecule has 0 saturated carbocycles. The van der Waals surface area contributed by atoms with E-state index in [2.05, 4.69) is 16.0 Å². The molecule has 2 amide bonds. The zero-order valence-corrected chi connectivity index (χ0v) is 17.7. The van der Waals surface area contributed by atoms with Crippen molar-refractivity contribution in [3.63, 3.8) is 0 Å². The molecule has 0 heterocycles. The summed E-state index contributed by atoms with van der Waals surface area (Å²) in [4.78, 5) is 24.5. The first kappa shape index (κ1) is 21.9. The lowest BCUT2D eigenvalue weighted by molar-refractivity contribution is -0.114. The van der Waals surface area contributed by atoms with Gasteiger partial charge in [-0.3, -0.25) is 9.59 Å². The predicted molar refractivity (Wildman–Crippen MR) is 123 cm³/mol. The van der Waals surface area contributed by atoms with Gasteiger partial charge in [0.2, 0.25) is 5.91 Å². The molecule has 31 heavy (non-hydrogen) atoms. The summed E-state index contributed by atoms with van der Waals surface area (Å²) in [6, 6.07) is 24.3. The summed E-state index contributed by atoms with van der Waals surface area (Å²) in [5, 5.41) is 8.76. The highest BCUT2D eigenvalue weighted by Gasteiger charge is 2.08. The second-order valence-electron chi connectivity index (χ2n) is 7.41. The maximum absolute atomic E-state index is 12.3. The molecule has 0 aromatic heterocycles. The van der Waals surface area contributed by atoms with E-state index in [0.717, 1.165) is 5.56 Å². The minimum atomic E-state index is -0.197. The molecule has 0 atom stereocenters. The summed E-state index contributed by atoms with van der Waals surface area (Å²) in [6.45, 7) is 4.35. The van der Waals surface area contributed by atoms with Crippen LogP contribution in [0, 0.1) is 0 Å². The topological polar surface area (TPSA) is 79.5 Å². The highest BCUT2D eigenvalue weighted by molar-refractivity contribution is 5.96. The normalized spacial score (nSPS) is 10.4. The molecule has 3 rings (SSSR count). The summed E-state index contributed by atoms with van der Waals surface area (Å²) in [5.41, 5.74) is 2.97. The molecule has 0 bridgehead atoms. The highest BCUT2D eigenvalue weighted by Crippen LogP contribution is 2.19. The van der Waals surface area contributed by atoms with E-state index in [1.54, 1.807) is 24.3 Å². The molecule has 3 aromatic rings. The first-order valence-corrected chi connectivity index (χ1v) is 10.2. The molecule has 0 aliphatic heterocycles. The molecule has 3 N–H and O–H groups in total. The molecule has 0 spiro atoms. The number of rotatable bonds is 9. The van der Waals surface area contributed by atoms with Crippen LogP contribution in [0.15, 0.2) is 78.9 Å². The molecule has 0 aliphatic rings. The third-order valence-electron chi connectivity index (χ3n) is 4.36. The smallest absolute Gasteiger partial charge is 0.251 e. The van der Waals surface area contributed by atoms with Crippen LogP contribution < -0.4 is 20.7 Å². The van der Waals surface area contributed by atoms with Crippen molar-refractivity contribution in [3.8, 4) is 5.75 Å². The number of hydrogen-bond acceptors (Lipinski definition) is 4. The Morgan fingerprint density at radius 3 is 2.39 bits per heavy atom. The lowest BCUT2D eigenvalue weighted by Crippen LogP contribution is -2.30. The van der Waals surface area contributed by atoms with Gasteiger partial charge < -0.3 is 20.7 Å². The molecule has 0 saturated heterocycles. The lowest BCUT2D eigenvalue weighted by Gasteiger charge is -2.12. The summed E-state index contributed by atoms with van der Waals surface area (Å²) in [6.07, 6.45) is 0. The zero-order valence-electron chi connectivity index (χ0n) is 17.7. The third kappa shape index (κ3) is 7.19. The van der Waals surface area contributed by atoms with Crippen LogP contribution in [0.4, 0.5) is 11.4 Å². The van der Waals surface area contributed by atoms with Gasteiger partial charge in [0.1, 0.15) is 12.4 Å². The average Bonchev–Trinajstić information content (AvgIpc) is 2.77. The molecule has 160 valence electrons. The Labute approximate surface area is 182 Å². The van der Waals surface area contributed by atoms with Crippen LogP contribution in [0.25, 0.3) is 0 Å². The minimum Gasteiger partial charge on any atom is -0.489 e. The second-order valence-corrected chi connectivity index (χ2v) is 7.41. The Kier molecular flexibility index (Phi) is 7.65. The van der Waals surface area contributed by atoms with E-state index in [4.69, 9.17) is 4.74 Å². The van der Waals surface area contributed by atoms with Crippen molar-refractivity contribution in [1.82, 2.24) is 5.32 Å². The van der Waals surface area contributed by atoms with Gasteiger partial charge in [0.05, 0.1) is 6.54 Å². The van der Waals surface area contributed by atoms with Gasteiger partial charge in [-0.05, 0) is 49.7 Å². The van der Waals surface area contributed by atoms with Crippen LogP contribution in [0.2, 0.25) is 0 Å². The van der Waals surface area contributed by atoms with Crippen molar-refractivity contribution < 1.29 is 14.3 Å². The zero-order chi connectivity index (χ0) is 22.1. The van der Waals surface area contributed by atoms with E-state index in [0.29, 0.717) is 29.3 Å². The SMILES string of the molecule is CC(C)NC(=O)c1cccc(NCC(=O)Nc2cccc(OCc3ccccc3)c2)c1. The summed E-state index contributed by atoms with van der Waals surface area (Å²) >= 11 is 0. The number of anilines is 2. The molecule has 0 unspecified atom stereocenters. The average molecular weight is 418 g/mol. The highest BCUT2D eigenvalue weighted by atomic mass is 16.5. The van der Waals surface area contributed by atoms with Crippen molar-refractivity contribution in [2.75, 3.05) is 17.2 Å². The van der Waals surface area contributed by atoms with Gasteiger partial charge in [-0.1, -0.05) is 42.5 Å². The largest absolute Gasteiger partial charge is 0.489 e. The number of carbonyl (C=O) groups is 2. The molecule has 3 aromatic carbocycles. The maximum Gasteiger partial charge on any atom is 0.251 e. The van der Waals surface area contributed by atoms with Crippen molar-refractivity contribution in [2.24, 2.45) is 0 Å². The van der Waals surface area contributed by atoms with Gasteiger partial charge in [0, 0.05) is 29.0 Å². The van der Waals surface area contributed by atoms with E-state index in [-0.39, 0.29) is 24.4 Å².